The molecule has 0 spiro atoms. The van der Waals surface area contributed by atoms with Crippen LogP contribution >= 0.6 is 0 Å². The maximum absolute atomic E-state index is 11.5. The van der Waals surface area contributed by atoms with Crippen LogP contribution in [0.3, 0.4) is 0 Å². The van der Waals surface area contributed by atoms with Crippen LogP contribution in [0.15, 0.2) is 24.3 Å². The van der Waals surface area contributed by atoms with E-state index in [1.165, 1.54) is 0 Å². The third-order valence-corrected chi connectivity index (χ3v) is 3.13. The molecule has 106 valence electrons. The number of sulfonamides is 1. The van der Waals surface area contributed by atoms with Gasteiger partial charge in [-0.05, 0) is 17.7 Å². The molecular formula is C12H19N3O3S. The van der Waals surface area contributed by atoms with E-state index >= 15 is 0 Å². The molecular weight excluding hydrogens is 266 g/mol. The van der Waals surface area contributed by atoms with Crippen LogP contribution in [-0.2, 0) is 21.4 Å². The van der Waals surface area contributed by atoms with E-state index in [0.29, 0.717) is 18.8 Å². The smallest absolute Gasteiger partial charge is 0.229 e. The van der Waals surface area contributed by atoms with Crippen molar-refractivity contribution in [2.75, 3.05) is 17.5 Å². The molecule has 0 radical (unpaired) electrons. The normalized spacial score (nSPS) is 12.8. The largest absolute Gasteiger partial charge is 0.352 e. The van der Waals surface area contributed by atoms with Crippen molar-refractivity contribution in [2.45, 2.75) is 13.5 Å². The van der Waals surface area contributed by atoms with Crippen LogP contribution in [0.2, 0.25) is 0 Å². The Hall–Kier alpha value is -1.60. The van der Waals surface area contributed by atoms with Gasteiger partial charge in [0.05, 0.1) is 6.26 Å². The first-order chi connectivity index (χ1) is 8.81. The molecule has 0 aliphatic rings. The summed E-state index contributed by atoms with van der Waals surface area (Å²) in [4.78, 5) is 11.5. The average molecular weight is 285 g/mol. The minimum Gasteiger partial charge on any atom is -0.352 e. The maximum atomic E-state index is 11.5. The SMILES string of the molecule is CC(CN)C(=O)NCc1ccc(NS(C)(=O)=O)cc1. The van der Waals surface area contributed by atoms with Gasteiger partial charge in [0.2, 0.25) is 15.9 Å². The molecule has 4 N–H and O–H groups in total. The quantitative estimate of drug-likeness (QED) is 0.698. The summed E-state index contributed by atoms with van der Waals surface area (Å²) in [6.07, 6.45) is 1.09. The van der Waals surface area contributed by atoms with Crippen LogP contribution in [0.25, 0.3) is 0 Å². The fraction of sp³-hybridized carbons (Fsp3) is 0.417. The Morgan fingerprint density at radius 3 is 2.37 bits per heavy atom. The predicted octanol–water partition coefficient (Wildman–Crippen LogP) is 0.269. The molecule has 1 aromatic carbocycles. The van der Waals surface area contributed by atoms with E-state index in [0.717, 1.165) is 11.8 Å². The van der Waals surface area contributed by atoms with Crippen LogP contribution in [0.1, 0.15) is 12.5 Å². The molecule has 0 bridgehead atoms. The fourth-order valence-corrected chi connectivity index (χ4v) is 1.94. The number of hydrogen-bond donors (Lipinski definition) is 3. The fourth-order valence-electron chi connectivity index (χ4n) is 1.38. The van der Waals surface area contributed by atoms with Crippen molar-refractivity contribution < 1.29 is 13.2 Å². The predicted molar refractivity (Wildman–Crippen MR) is 75.0 cm³/mol. The monoisotopic (exact) mass is 285 g/mol. The second-order valence-corrected chi connectivity index (χ2v) is 6.17. The summed E-state index contributed by atoms with van der Waals surface area (Å²) in [7, 11) is -3.26. The van der Waals surface area contributed by atoms with E-state index in [4.69, 9.17) is 5.73 Å². The third-order valence-electron chi connectivity index (χ3n) is 2.53. The van der Waals surface area contributed by atoms with E-state index < -0.39 is 10.0 Å². The van der Waals surface area contributed by atoms with Gasteiger partial charge >= 0.3 is 0 Å². The molecule has 1 rings (SSSR count). The topological polar surface area (TPSA) is 101 Å². The van der Waals surface area contributed by atoms with Gasteiger partial charge < -0.3 is 11.1 Å². The summed E-state index contributed by atoms with van der Waals surface area (Å²) < 4.78 is 24.4. The van der Waals surface area contributed by atoms with Crippen LogP contribution in [-0.4, -0.2) is 27.1 Å². The summed E-state index contributed by atoms with van der Waals surface area (Å²) >= 11 is 0. The highest BCUT2D eigenvalue weighted by Gasteiger charge is 2.09. The van der Waals surface area contributed by atoms with Crippen molar-refractivity contribution in [1.82, 2.24) is 5.32 Å². The number of nitrogens with two attached hydrogens (primary N) is 1. The van der Waals surface area contributed by atoms with Crippen molar-refractivity contribution in [1.29, 1.82) is 0 Å². The van der Waals surface area contributed by atoms with E-state index in [1.54, 1.807) is 31.2 Å². The van der Waals surface area contributed by atoms with Crippen LogP contribution in [0, 0.1) is 5.92 Å². The zero-order valence-electron chi connectivity index (χ0n) is 11.0. The lowest BCUT2D eigenvalue weighted by atomic mass is 10.1. The van der Waals surface area contributed by atoms with Gasteiger partial charge in [-0.1, -0.05) is 19.1 Å². The van der Waals surface area contributed by atoms with Gasteiger partial charge in [0.25, 0.3) is 0 Å². The molecule has 1 amide bonds. The minimum atomic E-state index is -3.26. The maximum Gasteiger partial charge on any atom is 0.229 e. The van der Waals surface area contributed by atoms with E-state index in [1.807, 2.05) is 0 Å². The highest BCUT2D eigenvalue weighted by atomic mass is 32.2. The number of benzene rings is 1. The molecule has 0 aliphatic carbocycles. The van der Waals surface area contributed by atoms with Gasteiger partial charge in [-0.2, -0.15) is 0 Å². The Bertz CT molecular complexity index is 526. The minimum absolute atomic E-state index is 0.0964. The first-order valence-corrected chi connectivity index (χ1v) is 7.75. The average Bonchev–Trinajstić information content (AvgIpc) is 2.34. The Labute approximate surface area is 113 Å². The molecule has 6 nitrogen and oxygen atoms in total. The Morgan fingerprint density at radius 1 is 1.32 bits per heavy atom. The highest BCUT2D eigenvalue weighted by Crippen LogP contribution is 2.10. The van der Waals surface area contributed by atoms with Gasteiger partial charge in [-0.25, -0.2) is 8.42 Å². The third kappa shape index (κ3) is 5.71. The summed E-state index contributed by atoms with van der Waals surface area (Å²) in [5.74, 6) is -0.313. The van der Waals surface area contributed by atoms with Crippen molar-refractivity contribution in [3.63, 3.8) is 0 Å². The van der Waals surface area contributed by atoms with Gasteiger partial charge in [0, 0.05) is 24.7 Å². The number of carbonyl (C=O) groups excluding carboxylic acids is 1. The van der Waals surface area contributed by atoms with Crippen LogP contribution in [0.4, 0.5) is 5.69 Å². The van der Waals surface area contributed by atoms with Crippen LogP contribution in [0.5, 0.6) is 0 Å². The summed E-state index contributed by atoms with van der Waals surface area (Å²) in [5, 5.41) is 2.76. The second-order valence-electron chi connectivity index (χ2n) is 4.43. The molecule has 0 saturated carbocycles. The van der Waals surface area contributed by atoms with Crippen molar-refractivity contribution >= 4 is 21.6 Å². The van der Waals surface area contributed by atoms with Gasteiger partial charge in [0.15, 0.2) is 0 Å². The number of rotatable bonds is 6. The number of hydrogen-bond acceptors (Lipinski definition) is 4. The van der Waals surface area contributed by atoms with Crippen molar-refractivity contribution in [3.8, 4) is 0 Å². The molecule has 19 heavy (non-hydrogen) atoms. The van der Waals surface area contributed by atoms with E-state index in [-0.39, 0.29) is 11.8 Å². The van der Waals surface area contributed by atoms with Crippen molar-refractivity contribution in [3.05, 3.63) is 29.8 Å². The molecule has 1 aromatic rings. The second kappa shape index (κ2) is 6.53. The Balaban J connectivity index is 2.56. The van der Waals surface area contributed by atoms with Crippen molar-refractivity contribution in [2.24, 2.45) is 11.7 Å². The lowest BCUT2D eigenvalue weighted by Gasteiger charge is -2.10. The van der Waals surface area contributed by atoms with Gasteiger partial charge in [-0.3, -0.25) is 9.52 Å². The summed E-state index contributed by atoms with van der Waals surface area (Å²) in [6.45, 7) is 2.46. The summed E-state index contributed by atoms with van der Waals surface area (Å²) in [6, 6.07) is 6.80. The van der Waals surface area contributed by atoms with Gasteiger partial charge in [-0.15, -0.1) is 0 Å². The molecule has 0 aromatic heterocycles. The molecule has 0 fully saturated rings. The number of carbonyl (C=O) groups is 1. The lowest BCUT2D eigenvalue weighted by Crippen LogP contribution is -2.32. The zero-order chi connectivity index (χ0) is 14.5. The molecule has 7 heteroatoms. The number of nitrogens with one attached hydrogen (secondary N) is 2. The standard InChI is InChI=1S/C12H19N3O3S/c1-9(7-13)12(16)14-8-10-3-5-11(6-4-10)15-19(2,17)18/h3-6,9,15H,7-8,13H2,1-2H3,(H,14,16). The van der Waals surface area contributed by atoms with Gasteiger partial charge in [0.1, 0.15) is 0 Å². The first kappa shape index (κ1) is 15.5. The molecule has 0 saturated heterocycles. The molecule has 0 heterocycles. The summed E-state index contributed by atoms with van der Waals surface area (Å²) in [5.41, 5.74) is 6.77. The lowest BCUT2D eigenvalue weighted by molar-refractivity contribution is -0.124. The van der Waals surface area contributed by atoms with E-state index in [2.05, 4.69) is 10.0 Å². The zero-order valence-corrected chi connectivity index (χ0v) is 11.8. The Morgan fingerprint density at radius 2 is 1.89 bits per heavy atom. The van der Waals surface area contributed by atoms with Crippen LogP contribution < -0.4 is 15.8 Å². The first-order valence-electron chi connectivity index (χ1n) is 5.86. The molecule has 1 unspecified atom stereocenters. The van der Waals surface area contributed by atoms with E-state index in [9.17, 15) is 13.2 Å². The molecule has 1 atom stereocenters. The Kier molecular flexibility index (Phi) is 5.31. The molecule has 0 aliphatic heterocycles. The highest BCUT2D eigenvalue weighted by molar-refractivity contribution is 7.92. The number of amides is 1. The number of anilines is 1.